The predicted molar refractivity (Wildman–Crippen MR) is 82.3 cm³/mol. The van der Waals surface area contributed by atoms with Crippen LogP contribution in [0.4, 0.5) is 11.5 Å². The molecule has 1 amide bonds. The molecule has 0 aromatic carbocycles. The van der Waals surface area contributed by atoms with Crippen molar-refractivity contribution in [3.8, 4) is 0 Å². The Morgan fingerprint density at radius 1 is 1.50 bits per heavy atom. The third-order valence-electron chi connectivity index (χ3n) is 4.49. The molecule has 0 spiro atoms. The molecule has 2 aromatic heterocycles. The summed E-state index contributed by atoms with van der Waals surface area (Å²) in [6, 6.07) is 0. The van der Waals surface area contributed by atoms with E-state index in [-0.39, 0.29) is 12.5 Å². The predicted octanol–water partition coefficient (Wildman–Crippen LogP) is -1.20. The average molecular weight is 335 g/mol. The summed E-state index contributed by atoms with van der Waals surface area (Å²) in [5.41, 5.74) is -0.587. The number of ether oxygens (including phenoxy) is 1. The fraction of sp³-hybridized carbons (Fsp3) is 0.500. The number of nitrogens with zero attached hydrogens (tertiary/aromatic N) is 3. The van der Waals surface area contributed by atoms with Gasteiger partial charge in [-0.25, -0.2) is 9.97 Å². The van der Waals surface area contributed by atoms with Gasteiger partial charge in [0.15, 0.2) is 6.23 Å². The third kappa shape index (κ3) is 2.01. The standard InChI is InChI=1S/C14H17N5O5/c1-14(23)10(22)7(4-20)24-13(14)19-3-6-9-11(16-5-17-12(9)19)18-8(21)2-15-6/h3,5,7,10,13,15,20,22-23H,2,4H2,1H3,(H,16,17,18,21)/t7-,10-,13?,14-/m1/s1. The second kappa shape index (κ2) is 5.11. The first kappa shape index (κ1) is 15.3. The number of carbonyl (C=O) groups excluding carboxylic acids is 1. The highest BCUT2D eigenvalue weighted by atomic mass is 16.6. The Morgan fingerprint density at radius 2 is 2.29 bits per heavy atom. The zero-order valence-electron chi connectivity index (χ0n) is 12.8. The second-order valence-corrected chi connectivity index (χ2v) is 6.15. The molecule has 0 bridgehead atoms. The lowest BCUT2D eigenvalue weighted by atomic mass is 9.96. The summed E-state index contributed by atoms with van der Waals surface area (Å²) < 4.78 is 7.21. The molecule has 5 N–H and O–H groups in total. The molecule has 2 aliphatic rings. The topological polar surface area (TPSA) is 142 Å². The van der Waals surface area contributed by atoms with Crippen LogP contribution in [0.5, 0.6) is 0 Å². The van der Waals surface area contributed by atoms with Gasteiger partial charge in [0, 0.05) is 6.20 Å². The first-order valence-corrected chi connectivity index (χ1v) is 7.49. The fourth-order valence-electron chi connectivity index (χ4n) is 3.23. The highest BCUT2D eigenvalue weighted by molar-refractivity contribution is 6.08. The van der Waals surface area contributed by atoms with Gasteiger partial charge in [-0.05, 0) is 6.92 Å². The number of aliphatic hydroxyl groups is 3. The summed E-state index contributed by atoms with van der Waals surface area (Å²) in [6.45, 7) is 1.08. The number of rotatable bonds is 2. The highest BCUT2D eigenvalue weighted by Gasteiger charge is 2.53. The van der Waals surface area contributed by atoms with Crippen molar-refractivity contribution in [1.29, 1.82) is 0 Å². The van der Waals surface area contributed by atoms with Crippen molar-refractivity contribution < 1.29 is 24.9 Å². The van der Waals surface area contributed by atoms with Crippen LogP contribution in [0, 0.1) is 0 Å². The number of hydrogen-bond acceptors (Lipinski definition) is 8. The van der Waals surface area contributed by atoms with Crippen molar-refractivity contribution in [3.63, 3.8) is 0 Å². The van der Waals surface area contributed by atoms with Gasteiger partial charge in [-0.1, -0.05) is 0 Å². The van der Waals surface area contributed by atoms with Crippen LogP contribution in [0.3, 0.4) is 0 Å². The van der Waals surface area contributed by atoms with Crippen LogP contribution in [0.25, 0.3) is 11.0 Å². The van der Waals surface area contributed by atoms with E-state index in [1.165, 1.54) is 13.3 Å². The lowest BCUT2D eigenvalue weighted by Crippen LogP contribution is -2.44. The van der Waals surface area contributed by atoms with E-state index in [2.05, 4.69) is 20.6 Å². The Hall–Kier alpha value is -2.27. The molecule has 2 aromatic rings. The number of nitrogens with one attached hydrogen (secondary N) is 2. The molecule has 4 heterocycles. The summed E-state index contributed by atoms with van der Waals surface area (Å²) in [7, 11) is 0. The zero-order chi connectivity index (χ0) is 17.1. The summed E-state index contributed by atoms with van der Waals surface area (Å²) in [6.07, 6.45) is -0.175. The van der Waals surface area contributed by atoms with Gasteiger partial charge in [-0.2, -0.15) is 0 Å². The van der Waals surface area contributed by atoms with E-state index in [0.29, 0.717) is 22.5 Å². The van der Waals surface area contributed by atoms with Gasteiger partial charge in [0.05, 0.1) is 24.2 Å². The molecular formula is C14H17N5O5. The molecule has 0 aliphatic carbocycles. The number of aliphatic hydroxyl groups excluding tert-OH is 2. The third-order valence-corrected chi connectivity index (χ3v) is 4.49. The van der Waals surface area contributed by atoms with Crippen LogP contribution < -0.4 is 10.6 Å². The Kier molecular flexibility index (Phi) is 3.25. The van der Waals surface area contributed by atoms with Gasteiger partial charge < -0.3 is 35.3 Å². The highest BCUT2D eigenvalue weighted by Crippen LogP contribution is 2.42. The van der Waals surface area contributed by atoms with Crippen LogP contribution in [0.15, 0.2) is 12.5 Å². The SMILES string of the molecule is C[C@]1(O)C(n2cc3c4c(ncnc42)NC(=O)CN3)O[C@H](CO)[C@H]1O. The largest absolute Gasteiger partial charge is 0.394 e. The Labute approximate surface area is 136 Å². The molecule has 1 unspecified atom stereocenters. The van der Waals surface area contributed by atoms with Crippen LogP contribution in [-0.4, -0.2) is 66.7 Å². The van der Waals surface area contributed by atoms with Crippen molar-refractivity contribution in [2.75, 3.05) is 23.8 Å². The Bertz CT molecular complexity index is 819. The van der Waals surface area contributed by atoms with Gasteiger partial charge in [0.25, 0.3) is 0 Å². The lowest BCUT2D eigenvalue weighted by Gasteiger charge is -2.27. The smallest absolute Gasteiger partial charge is 0.244 e. The molecule has 24 heavy (non-hydrogen) atoms. The number of amides is 1. The maximum absolute atomic E-state index is 11.7. The molecule has 0 radical (unpaired) electrons. The average Bonchev–Trinajstić information content (AvgIpc) is 2.95. The molecule has 1 saturated heterocycles. The van der Waals surface area contributed by atoms with Gasteiger partial charge in [-0.15, -0.1) is 0 Å². The summed E-state index contributed by atoms with van der Waals surface area (Å²) in [4.78, 5) is 20.0. The van der Waals surface area contributed by atoms with E-state index >= 15 is 0 Å². The minimum Gasteiger partial charge on any atom is -0.394 e. The fourth-order valence-corrected chi connectivity index (χ4v) is 3.23. The molecule has 10 heteroatoms. The number of carbonyl (C=O) groups is 1. The van der Waals surface area contributed by atoms with Crippen molar-refractivity contribution in [3.05, 3.63) is 12.5 Å². The molecular weight excluding hydrogens is 318 g/mol. The van der Waals surface area contributed by atoms with Crippen molar-refractivity contribution in [1.82, 2.24) is 14.5 Å². The quantitative estimate of drug-likeness (QED) is 0.460. The molecule has 4 rings (SSSR count). The van der Waals surface area contributed by atoms with Crippen LogP contribution >= 0.6 is 0 Å². The Balaban J connectivity index is 1.87. The van der Waals surface area contributed by atoms with E-state index in [9.17, 15) is 20.1 Å². The van der Waals surface area contributed by atoms with Crippen molar-refractivity contribution in [2.45, 2.75) is 31.0 Å². The maximum atomic E-state index is 11.7. The first-order valence-electron chi connectivity index (χ1n) is 7.49. The van der Waals surface area contributed by atoms with Crippen LogP contribution in [-0.2, 0) is 9.53 Å². The van der Waals surface area contributed by atoms with Gasteiger partial charge >= 0.3 is 0 Å². The van der Waals surface area contributed by atoms with E-state index < -0.39 is 30.6 Å². The summed E-state index contributed by atoms with van der Waals surface area (Å²) in [5.74, 6) is 0.137. The molecule has 2 aliphatic heterocycles. The number of hydrogen-bond donors (Lipinski definition) is 5. The van der Waals surface area contributed by atoms with Gasteiger partial charge in [0.1, 0.15) is 35.6 Å². The van der Waals surface area contributed by atoms with Crippen LogP contribution in [0.2, 0.25) is 0 Å². The normalized spacial score (nSPS) is 32.5. The second-order valence-electron chi connectivity index (χ2n) is 6.15. The minimum atomic E-state index is -1.63. The van der Waals surface area contributed by atoms with Crippen LogP contribution in [0.1, 0.15) is 13.2 Å². The molecule has 1 fully saturated rings. The lowest BCUT2D eigenvalue weighted by molar-refractivity contribution is -0.114. The van der Waals surface area contributed by atoms with Crippen molar-refractivity contribution >= 4 is 28.4 Å². The van der Waals surface area contributed by atoms with E-state index in [1.807, 2.05) is 0 Å². The summed E-state index contributed by atoms with van der Waals surface area (Å²) in [5, 5.41) is 36.4. The summed E-state index contributed by atoms with van der Waals surface area (Å²) >= 11 is 0. The van der Waals surface area contributed by atoms with E-state index in [4.69, 9.17) is 4.74 Å². The molecule has 0 saturated carbocycles. The van der Waals surface area contributed by atoms with Gasteiger partial charge in [-0.3, -0.25) is 4.79 Å². The number of anilines is 2. The van der Waals surface area contributed by atoms with Gasteiger partial charge in [0.2, 0.25) is 5.91 Å². The van der Waals surface area contributed by atoms with Crippen molar-refractivity contribution in [2.24, 2.45) is 0 Å². The first-order chi connectivity index (χ1) is 11.4. The molecule has 128 valence electrons. The Morgan fingerprint density at radius 3 is 3.00 bits per heavy atom. The zero-order valence-corrected chi connectivity index (χ0v) is 12.8. The monoisotopic (exact) mass is 335 g/mol. The molecule has 10 nitrogen and oxygen atoms in total. The minimum absolute atomic E-state index is 0.0687. The maximum Gasteiger partial charge on any atom is 0.244 e. The van der Waals surface area contributed by atoms with E-state index in [1.54, 1.807) is 10.8 Å². The number of aromatic nitrogens is 3. The molecule has 4 atom stereocenters. The van der Waals surface area contributed by atoms with E-state index in [0.717, 1.165) is 0 Å².